The van der Waals surface area contributed by atoms with E-state index in [-0.39, 0.29) is 18.9 Å². The van der Waals surface area contributed by atoms with E-state index in [9.17, 15) is 20.1 Å². The minimum atomic E-state index is -0.924. The van der Waals surface area contributed by atoms with Crippen LogP contribution in [0.4, 0.5) is 0 Å². The number of carbonyl (C=O) groups is 1. The van der Waals surface area contributed by atoms with E-state index in [4.69, 9.17) is 0 Å². The smallest absolute Gasteiger partial charge is 0.222 e. The highest BCUT2D eigenvalue weighted by Gasteiger charge is 2.20. The number of hydrogen-bond donors (Lipinski definition) is 4. The molecule has 5 heteroatoms. The van der Waals surface area contributed by atoms with Crippen LogP contribution in [0, 0.1) is 0 Å². The topological polar surface area (TPSA) is 89.8 Å². The van der Waals surface area contributed by atoms with Crippen LogP contribution in [0.1, 0.15) is 239 Å². The van der Waals surface area contributed by atoms with Gasteiger partial charge < -0.3 is 20.6 Å². The molecule has 0 aliphatic carbocycles. The van der Waals surface area contributed by atoms with Crippen molar-refractivity contribution < 1.29 is 20.1 Å². The lowest BCUT2D eigenvalue weighted by atomic mass is 10.0. The summed E-state index contributed by atoms with van der Waals surface area (Å²) in [5.74, 6) is -0.313. The quantitative estimate of drug-likeness (QED) is 0.0380. The second kappa shape index (κ2) is 39.9. The molecule has 1 amide bonds. The summed E-state index contributed by atoms with van der Waals surface area (Å²) < 4.78 is 0. The summed E-state index contributed by atoms with van der Waals surface area (Å²) in [5.41, 5.74) is 0. The maximum atomic E-state index is 12.4. The summed E-state index contributed by atoms with van der Waals surface area (Å²) in [6.45, 7) is 4.22. The zero-order chi connectivity index (χ0) is 35.9. The van der Waals surface area contributed by atoms with Crippen molar-refractivity contribution in [3.8, 4) is 0 Å². The van der Waals surface area contributed by atoms with E-state index in [1.165, 1.54) is 186 Å². The van der Waals surface area contributed by atoms with Crippen molar-refractivity contribution in [1.29, 1.82) is 0 Å². The number of rotatable bonds is 40. The number of hydrogen-bond acceptors (Lipinski definition) is 4. The van der Waals surface area contributed by atoms with Gasteiger partial charge in [-0.1, -0.05) is 225 Å². The van der Waals surface area contributed by atoms with Gasteiger partial charge in [-0.3, -0.25) is 4.79 Å². The fourth-order valence-corrected chi connectivity index (χ4v) is 6.93. The van der Waals surface area contributed by atoms with Gasteiger partial charge in [0.25, 0.3) is 0 Å². The molecule has 0 heterocycles. The van der Waals surface area contributed by atoms with Crippen LogP contribution in [0.3, 0.4) is 0 Å². The largest absolute Gasteiger partial charge is 0.394 e. The van der Waals surface area contributed by atoms with E-state index >= 15 is 0 Å². The first-order valence-corrected chi connectivity index (χ1v) is 22.0. The third kappa shape index (κ3) is 36.7. The molecule has 0 spiro atoms. The summed E-state index contributed by atoms with van der Waals surface area (Å²) in [4.78, 5) is 12.4. The molecule has 0 aromatic rings. The number of aliphatic hydroxyl groups is 3. The molecule has 0 saturated heterocycles. The number of aliphatic hydroxyl groups excluding tert-OH is 3. The predicted octanol–water partition coefficient (Wildman–Crippen LogP) is 12.4. The average molecular weight is 694 g/mol. The van der Waals surface area contributed by atoms with Gasteiger partial charge in [0.1, 0.15) is 0 Å². The monoisotopic (exact) mass is 694 g/mol. The van der Waals surface area contributed by atoms with E-state index in [2.05, 4.69) is 19.2 Å². The van der Waals surface area contributed by atoms with Gasteiger partial charge in [-0.25, -0.2) is 0 Å². The van der Waals surface area contributed by atoms with Crippen LogP contribution in [0.15, 0.2) is 12.2 Å². The predicted molar refractivity (Wildman–Crippen MR) is 213 cm³/mol. The Labute approximate surface area is 306 Å². The first-order chi connectivity index (χ1) is 24.0. The summed E-state index contributed by atoms with van der Waals surface area (Å²) in [6.07, 6.45) is 46.4. The van der Waals surface area contributed by atoms with Gasteiger partial charge >= 0.3 is 0 Å². The van der Waals surface area contributed by atoms with Gasteiger partial charge in [-0.15, -0.1) is 0 Å². The molecule has 5 nitrogen and oxygen atoms in total. The molecule has 0 aliphatic rings. The van der Waals surface area contributed by atoms with Crippen molar-refractivity contribution in [3.63, 3.8) is 0 Å². The van der Waals surface area contributed by atoms with E-state index < -0.39 is 18.2 Å². The molecule has 0 bridgehead atoms. The van der Waals surface area contributed by atoms with Crippen LogP contribution in [0.2, 0.25) is 0 Å². The third-order valence-corrected chi connectivity index (χ3v) is 10.3. The Morgan fingerprint density at radius 2 is 0.837 bits per heavy atom. The van der Waals surface area contributed by atoms with Gasteiger partial charge in [-0.05, 0) is 19.3 Å². The fraction of sp³-hybridized carbons (Fsp3) is 0.932. The van der Waals surface area contributed by atoms with Crippen molar-refractivity contribution in [3.05, 3.63) is 12.2 Å². The highest BCUT2D eigenvalue weighted by Crippen LogP contribution is 2.16. The minimum Gasteiger partial charge on any atom is -0.394 e. The molecule has 49 heavy (non-hydrogen) atoms. The highest BCUT2D eigenvalue weighted by molar-refractivity contribution is 5.76. The van der Waals surface area contributed by atoms with Crippen molar-refractivity contribution in [2.24, 2.45) is 0 Å². The second-order valence-electron chi connectivity index (χ2n) is 15.3. The summed E-state index contributed by atoms with van der Waals surface area (Å²) in [7, 11) is 0. The lowest BCUT2D eigenvalue weighted by molar-refractivity contribution is -0.124. The zero-order valence-electron chi connectivity index (χ0n) is 33.1. The second-order valence-corrected chi connectivity index (χ2v) is 15.3. The van der Waals surface area contributed by atoms with Gasteiger partial charge in [0.15, 0.2) is 0 Å². The SMILES string of the molecule is CCCCCCCCCCCCCCCCCCCCC/C=C/C(O)C(CO)NC(=O)CC(O)CCCCCCCCCCCCCCC. The Balaban J connectivity index is 3.63. The maximum Gasteiger partial charge on any atom is 0.222 e. The van der Waals surface area contributed by atoms with Crippen LogP contribution in [-0.2, 0) is 4.79 Å². The minimum absolute atomic E-state index is 0.0184. The van der Waals surface area contributed by atoms with E-state index in [0.717, 1.165) is 25.7 Å². The van der Waals surface area contributed by atoms with Crippen molar-refractivity contribution in [2.75, 3.05) is 6.61 Å². The van der Waals surface area contributed by atoms with Gasteiger partial charge in [0.2, 0.25) is 5.91 Å². The molecule has 0 fully saturated rings. The van der Waals surface area contributed by atoms with Gasteiger partial charge in [-0.2, -0.15) is 0 Å². The Morgan fingerprint density at radius 3 is 1.18 bits per heavy atom. The van der Waals surface area contributed by atoms with Crippen LogP contribution in [0.25, 0.3) is 0 Å². The lowest BCUT2D eigenvalue weighted by Gasteiger charge is -2.21. The third-order valence-electron chi connectivity index (χ3n) is 10.3. The fourth-order valence-electron chi connectivity index (χ4n) is 6.93. The highest BCUT2D eigenvalue weighted by atomic mass is 16.3. The Hall–Kier alpha value is -0.910. The summed E-state index contributed by atoms with van der Waals surface area (Å²) >= 11 is 0. The average Bonchev–Trinajstić information content (AvgIpc) is 3.09. The number of carbonyl (C=O) groups excluding carboxylic acids is 1. The van der Waals surface area contributed by atoms with Crippen LogP contribution in [-0.4, -0.2) is 46.1 Å². The van der Waals surface area contributed by atoms with Crippen molar-refractivity contribution >= 4 is 5.91 Å². The van der Waals surface area contributed by atoms with Crippen LogP contribution in [0.5, 0.6) is 0 Å². The summed E-state index contributed by atoms with van der Waals surface area (Å²) in [6, 6.07) is -0.739. The zero-order valence-corrected chi connectivity index (χ0v) is 33.1. The van der Waals surface area contributed by atoms with E-state index in [1.807, 2.05) is 6.08 Å². The molecule has 292 valence electrons. The molecular weight excluding hydrogens is 606 g/mol. The van der Waals surface area contributed by atoms with Crippen LogP contribution >= 0.6 is 0 Å². The molecule has 0 aromatic carbocycles. The van der Waals surface area contributed by atoms with Gasteiger partial charge in [0, 0.05) is 0 Å². The standard InChI is InChI=1S/C44H87NO4/c1-3-5-7-9-11-13-15-17-18-19-20-21-22-23-24-26-28-30-32-34-36-38-43(48)42(40-46)45-44(49)39-41(47)37-35-33-31-29-27-25-16-14-12-10-8-6-4-2/h36,38,41-43,46-48H,3-35,37,39-40H2,1-2H3,(H,45,49)/b38-36+. The molecule has 3 unspecified atom stereocenters. The number of nitrogens with one attached hydrogen (secondary N) is 1. The Kier molecular flexibility index (Phi) is 39.1. The molecule has 3 atom stereocenters. The van der Waals surface area contributed by atoms with Crippen LogP contribution < -0.4 is 5.32 Å². The maximum absolute atomic E-state index is 12.4. The molecule has 0 radical (unpaired) electrons. The van der Waals surface area contributed by atoms with Crippen molar-refractivity contribution in [1.82, 2.24) is 5.32 Å². The molecule has 0 rings (SSSR count). The van der Waals surface area contributed by atoms with Crippen molar-refractivity contribution in [2.45, 2.75) is 257 Å². The Morgan fingerprint density at radius 1 is 0.510 bits per heavy atom. The molecule has 0 aromatic heterocycles. The lowest BCUT2D eigenvalue weighted by Crippen LogP contribution is -2.45. The summed E-state index contributed by atoms with van der Waals surface area (Å²) in [5, 5.41) is 33.2. The number of amides is 1. The molecule has 0 aliphatic heterocycles. The van der Waals surface area contributed by atoms with Gasteiger partial charge in [0.05, 0.1) is 31.3 Å². The normalized spacial score (nSPS) is 13.7. The van der Waals surface area contributed by atoms with E-state index in [1.54, 1.807) is 6.08 Å². The first kappa shape index (κ1) is 48.1. The molecule has 4 N–H and O–H groups in total. The molecular formula is C44H87NO4. The molecule has 0 saturated carbocycles. The number of unbranched alkanes of at least 4 members (excludes halogenated alkanes) is 31. The van der Waals surface area contributed by atoms with E-state index in [0.29, 0.717) is 6.42 Å². The first-order valence-electron chi connectivity index (χ1n) is 22.0. The Bertz CT molecular complexity index is 684. The number of allylic oxidation sites excluding steroid dienone is 1.